The van der Waals surface area contributed by atoms with Crippen molar-refractivity contribution in [2.24, 2.45) is 0 Å². The van der Waals surface area contributed by atoms with Crippen LogP contribution in [-0.2, 0) is 4.79 Å². The van der Waals surface area contributed by atoms with Crippen LogP contribution in [0.2, 0.25) is 0 Å². The fourth-order valence-corrected chi connectivity index (χ4v) is 1.41. The van der Waals surface area contributed by atoms with Crippen LogP contribution in [0.4, 0.5) is 10.1 Å². The standard InChI is InChI=1S/C12H16FNO2/c13-10-5-4-6-11(9-10)14-8-3-1-2-7-12(15)16/h4-6,9,14H,1-3,7-8H2,(H,15,16). The largest absolute Gasteiger partial charge is 0.481 e. The van der Waals surface area contributed by atoms with Crippen molar-refractivity contribution in [1.82, 2.24) is 0 Å². The molecule has 1 aromatic rings. The number of unbranched alkanes of at least 4 members (excludes halogenated alkanes) is 2. The predicted octanol–water partition coefficient (Wildman–Crippen LogP) is 2.88. The van der Waals surface area contributed by atoms with Crippen LogP contribution < -0.4 is 5.32 Å². The topological polar surface area (TPSA) is 49.3 Å². The van der Waals surface area contributed by atoms with Crippen molar-refractivity contribution in [2.75, 3.05) is 11.9 Å². The fourth-order valence-electron chi connectivity index (χ4n) is 1.41. The first-order chi connectivity index (χ1) is 7.68. The zero-order valence-electron chi connectivity index (χ0n) is 9.08. The molecule has 0 fully saturated rings. The number of anilines is 1. The van der Waals surface area contributed by atoms with Gasteiger partial charge in [0.15, 0.2) is 0 Å². The number of carbonyl (C=O) groups is 1. The van der Waals surface area contributed by atoms with Gasteiger partial charge in [-0.15, -0.1) is 0 Å². The Labute approximate surface area is 94.3 Å². The maximum atomic E-state index is 12.8. The second-order valence-corrected chi connectivity index (χ2v) is 3.64. The van der Waals surface area contributed by atoms with E-state index in [1.165, 1.54) is 12.1 Å². The Morgan fingerprint density at radius 3 is 2.81 bits per heavy atom. The molecule has 0 bridgehead atoms. The first-order valence-electron chi connectivity index (χ1n) is 5.40. The van der Waals surface area contributed by atoms with Gasteiger partial charge < -0.3 is 10.4 Å². The lowest BCUT2D eigenvalue weighted by Crippen LogP contribution is -2.02. The molecule has 0 unspecified atom stereocenters. The summed E-state index contributed by atoms with van der Waals surface area (Å²) in [5.41, 5.74) is 0.762. The molecular weight excluding hydrogens is 209 g/mol. The predicted molar refractivity (Wildman–Crippen MR) is 61.0 cm³/mol. The minimum absolute atomic E-state index is 0.222. The van der Waals surface area contributed by atoms with Gasteiger partial charge in [-0.3, -0.25) is 4.79 Å². The van der Waals surface area contributed by atoms with Crippen LogP contribution in [-0.4, -0.2) is 17.6 Å². The summed E-state index contributed by atoms with van der Waals surface area (Å²) in [7, 11) is 0. The number of rotatable bonds is 7. The van der Waals surface area contributed by atoms with Crippen molar-refractivity contribution in [1.29, 1.82) is 0 Å². The summed E-state index contributed by atoms with van der Waals surface area (Å²) in [4.78, 5) is 10.2. The average molecular weight is 225 g/mol. The molecule has 0 saturated heterocycles. The summed E-state index contributed by atoms with van der Waals surface area (Å²) in [5, 5.41) is 11.5. The van der Waals surface area contributed by atoms with Gasteiger partial charge in [0.2, 0.25) is 0 Å². The van der Waals surface area contributed by atoms with E-state index < -0.39 is 5.97 Å². The molecule has 0 aliphatic rings. The summed E-state index contributed by atoms with van der Waals surface area (Å²) in [6, 6.07) is 6.30. The monoisotopic (exact) mass is 225 g/mol. The second-order valence-electron chi connectivity index (χ2n) is 3.64. The van der Waals surface area contributed by atoms with Crippen LogP contribution in [0.5, 0.6) is 0 Å². The Kier molecular flexibility index (Phi) is 5.32. The van der Waals surface area contributed by atoms with Gasteiger partial charge in [0.25, 0.3) is 0 Å². The number of benzene rings is 1. The number of carboxylic acids is 1. The van der Waals surface area contributed by atoms with Crippen molar-refractivity contribution in [2.45, 2.75) is 25.7 Å². The van der Waals surface area contributed by atoms with Crippen molar-refractivity contribution < 1.29 is 14.3 Å². The van der Waals surface area contributed by atoms with Gasteiger partial charge in [-0.2, -0.15) is 0 Å². The SMILES string of the molecule is O=C(O)CCCCCNc1cccc(F)c1. The zero-order chi connectivity index (χ0) is 11.8. The number of aliphatic carboxylic acids is 1. The van der Waals surface area contributed by atoms with E-state index in [0.29, 0.717) is 6.42 Å². The van der Waals surface area contributed by atoms with Crippen LogP contribution in [0.1, 0.15) is 25.7 Å². The van der Waals surface area contributed by atoms with Gasteiger partial charge in [-0.05, 0) is 31.0 Å². The second kappa shape index (κ2) is 6.82. The molecule has 1 rings (SSSR count). The number of carboxylic acid groups (broad SMARTS) is 1. The molecule has 0 radical (unpaired) electrons. The van der Waals surface area contributed by atoms with Gasteiger partial charge in [-0.1, -0.05) is 12.5 Å². The minimum Gasteiger partial charge on any atom is -0.481 e. The molecule has 3 nitrogen and oxygen atoms in total. The zero-order valence-corrected chi connectivity index (χ0v) is 9.08. The van der Waals surface area contributed by atoms with Crippen LogP contribution in [0.3, 0.4) is 0 Å². The Morgan fingerprint density at radius 1 is 1.31 bits per heavy atom. The highest BCUT2D eigenvalue weighted by Crippen LogP contribution is 2.09. The van der Waals surface area contributed by atoms with E-state index >= 15 is 0 Å². The third-order valence-corrected chi connectivity index (χ3v) is 2.22. The van der Waals surface area contributed by atoms with E-state index in [2.05, 4.69) is 5.32 Å². The van der Waals surface area contributed by atoms with Crippen molar-refractivity contribution >= 4 is 11.7 Å². The van der Waals surface area contributed by atoms with E-state index in [-0.39, 0.29) is 12.2 Å². The molecule has 0 aliphatic carbocycles. The van der Waals surface area contributed by atoms with E-state index in [0.717, 1.165) is 25.1 Å². The Hall–Kier alpha value is -1.58. The van der Waals surface area contributed by atoms with E-state index in [1.807, 2.05) is 0 Å². The van der Waals surface area contributed by atoms with E-state index in [9.17, 15) is 9.18 Å². The quantitative estimate of drug-likeness (QED) is 0.701. The van der Waals surface area contributed by atoms with Gasteiger partial charge >= 0.3 is 5.97 Å². The number of halogens is 1. The molecule has 4 heteroatoms. The van der Waals surface area contributed by atoms with Crippen LogP contribution in [0.25, 0.3) is 0 Å². The molecule has 0 amide bonds. The first kappa shape index (κ1) is 12.5. The van der Waals surface area contributed by atoms with Crippen LogP contribution in [0, 0.1) is 5.82 Å². The molecule has 16 heavy (non-hydrogen) atoms. The summed E-state index contributed by atoms with van der Waals surface area (Å²) >= 11 is 0. The summed E-state index contributed by atoms with van der Waals surface area (Å²) in [5.74, 6) is -1.01. The Bertz CT molecular complexity index is 342. The van der Waals surface area contributed by atoms with Crippen LogP contribution >= 0.6 is 0 Å². The Balaban J connectivity index is 2.09. The maximum absolute atomic E-state index is 12.8. The van der Waals surface area contributed by atoms with E-state index in [1.54, 1.807) is 12.1 Å². The molecule has 0 aromatic heterocycles. The molecule has 0 heterocycles. The highest BCUT2D eigenvalue weighted by molar-refractivity contribution is 5.66. The minimum atomic E-state index is -0.752. The van der Waals surface area contributed by atoms with Crippen molar-refractivity contribution in [3.63, 3.8) is 0 Å². The molecule has 0 saturated carbocycles. The molecule has 0 aliphatic heterocycles. The van der Waals surface area contributed by atoms with Gasteiger partial charge in [-0.25, -0.2) is 4.39 Å². The highest BCUT2D eigenvalue weighted by Gasteiger charge is 1.97. The molecule has 88 valence electrons. The van der Waals surface area contributed by atoms with E-state index in [4.69, 9.17) is 5.11 Å². The Morgan fingerprint density at radius 2 is 2.12 bits per heavy atom. The average Bonchev–Trinajstić information content (AvgIpc) is 2.23. The molecule has 1 aromatic carbocycles. The number of hydrogen-bond acceptors (Lipinski definition) is 2. The van der Waals surface area contributed by atoms with Gasteiger partial charge in [0.05, 0.1) is 0 Å². The molecule has 0 atom stereocenters. The van der Waals surface area contributed by atoms with Crippen LogP contribution in [0.15, 0.2) is 24.3 Å². The van der Waals surface area contributed by atoms with Gasteiger partial charge in [0, 0.05) is 18.7 Å². The molecule has 2 N–H and O–H groups in total. The lowest BCUT2D eigenvalue weighted by molar-refractivity contribution is -0.137. The lowest BCUT2D eigenvalue weighted by Gasteiger charge is -2.05. The number of nitrogens with one attached hydrogen (secondary N) is 1. The summed E-state index contributed by atoms with van der Waals surface area (Å²) in [6.45, 7) is 0.739. The lowest BCUT2D eigenvalue weighted by atomic mass is 10.2. The van der Waals surface area contributed by atoms with Gasteiger partial charge in [0.1, 0.15) is 5.82 Å². The number of hydrogen-bond donors (Lipinski definition) is 2. The molecule has 0 spiro atoms. The highest BCUT2D eigenvalue weighted by atomic mass is 19.1. The first-order valence-corrected chi connectivity index (χ1v) is 5.40. The smallest absolute Gasteiger partial charge is 0.303 e. The summed E-state index contributed by atoms with van der Waals surface area (Å²) in [6.07, 6.45) is 2.68. The summed E-state index contributed by atoms with van der Waals surface area (Å²) < 4.78 is 12.8. The van der Waals surface area contributed by atoms with Crippen molar-refractivity contribution in [3.8, 4) is 0 Å². The maximum Gasteiger partial charge on any atom is 0.303 e. The van der Waals surface area contributed by atoms with Crippen molar-refractivity contribution in [3.05, 3.63) is 30.1 Å². The molecular formula is C12H16FNO2. The fraction of sp³-hybridized carbons (Fsp3) is 0.417. The third-order valence-electron chi connectivity index (χ3n) is 2.22. The third kappa shape index (κ3) is 5.34. The normalized spacial score (nSPS) is 10.1.